The molecule has 1 atom stereocenters. The average Bonchev–Trinajstić information content (AvgIpc) is 2.35. The zero-order valence-electron chi connectivity index (χ0n) is 7.91. The minimum absolute atomic E-state index is 0.304. The molecule has 0 amide bonds. The molecule has 2 rings (SSSR count). The topological polar surface area (TPSA) is 38.8 Å². The van der Waals surface area contributed by atoms with Crippen molar-refractivity contribution in [1.29, 1.82) is 0 Å². The van der Waals surface area contributed by atoms with Crippen molar-refractivity contribution in [2.24, 2.45) is 0 Å². The van der Waals surface area contributed by atoms with Crippen LogP contribution < -0.4 is 0 Å². The van der Waals surface area contributed by atoms with E-state index in [9.17, 15) is 4.79 Å². The van der Waals surface area contributed by atoms with Gasteiger partial charge in [-0.2, -0.15) is 0 Å². The van der Waals surface area contributed by atoms with Gasteiger partial charge in [-0.3, -0.25) is 0 Å². The molecule has 2 aliphatic rings. The van der Waals surface area contributed by atoms with E-state index in [1.165, 1.54) is 0 Å². The van der Waals surface area contributed by atoms with Gasteiger partial charge in [0, 0.05) is 13.0 Å². The van der Waals surface area contributed by atoms with Gasteiger partial charge >= 0.3 is 6.16 Å². The Morgan fingerprint density at radius 2 is 2.23 bits per heavy atom. The van der Waals surface area contributed by atoms with E-state index in [0.29, 0.717) is 6.61 Å². The minimum atomic E-state index is -0.496. The Labute approximate surface area is 77.8 Å². The third-order valence-electron chi connectivity index (χ3n) is 2.87. The maximum atomic E-state index is 10.9. The lowest BCUT2D eigenvalue weighted by molar-refractivity contribution is 0.0450. The highest BCUT2D eigenvalue weighted by Crippen LogP contribution is 2.31. The fourth-order valence-corrected chi connectivity index (χ4v) is 1.98. The van der Waals surface area contributed by atoms with Gasteiger partial charge in [-0.1, -0.05) is 0 Å². The minimum Gasteiger partial charge on any atom is -0.430 e. The van der Waals surface area contributed by atoms with E-state index in [1.54, 1.807) is 0 Å². The number of nitrogens with zero attached hydrogens (tertiary/aromatic N) is 1. The number of carbonyl (C=O) groups excluding carboxylic acids is 1. The first-order chi connectivity index (χ1) is 6.20. The Morgan fingerprint density at radius 1 is 1.38 bits per heavy atom. The molecule has 0 radical (unpaired) electrons. The molecule has 1 spiro atoms. The second kappa shape index (κ2) is 3.18. The lowest BCUT2D eigenvalue weighted by atomic mass is 9.96. The first kappa shape index (κ1) is 8.81. The van der Waals surface area contributed by atoms with E-state index in [0.717, 1.165) is 32.4 Å². The van der Waals surface area contributed by atoms with Gasteiger partial charge in [0.15, 0.2) is 5.60 Å². The number of cyclic esters (lactones) is 1. The van der Waals surface area contributed by atoms with Crippen LogP contribution in [0.3, 0.4) is 0 Å². The fraction of sp³-hybridized carbons (Fsp3) is 0.889. The summed E-state index contributed by atoms with van der Waals surface area (Å²) in [4.78, 5) is 13.1. The van der Waals surface area contributed by atoms with Crippen LogP contribution in [-0.2, 0) is 9.47 Å². The molecule has 0 aromatic heterocycles. The van der Waals surface area contributed by atoms with Crippen LogP contribution in [0.5, 0.6) is 0 Å². The van der Waals surface area contributed by atoms with E-state index in [2.05, 4.69) is 11.9 Å². The summed E-state index contributed by atoms with van der Waals surface area (Å²) in [6.07, 6.45) is 2.41. The highest BCUT2D eigenvalue weighted by Gasteiger charge is 2.42. The molecule has 0 bridgehead atoms. The number of hydrogen-bond acceptors (Lipinski definition) is 4. The molecule has 13 heavy (non-hydrogen) atoms. The summed E-state index contributed by atoms with van der Waals surface area (Å²) in [5.74, 6) is 0. The van der Waals surface area contributed by atoms with Gasteiger partial charge in [-0.05, 0) is 26.4 Å². The maximum absolute atomic E-state index is 10.9. The summed E-state index contributed by atoms with van der Waals surface area (Å²) < 4.78 is 10.1. The van der Waals surface area contributed by atoms with E-state index in [4.69, 9.17) is 9.47 Å². The first-order valence-electron chi connectivity index (χ1n) is 4.75. The predicted molar refractivity (Wildman–Crippen MR) is 46.5 cm³/mol. The molecule has 4 heteroatoms. The Hall–Kier alpha value is -0.770. The number of carbonyl (C=O) groups is 1. The van der Waals surface area contributed by atoms with Crippen LogP contribution in [0.2, 0.25) is 0 Å². The largest absolute Gasteiger partial charge is 0.509 e. The monoisotopic (exact) mass is 185 g/mol. The molecule has 2 fully saturated rings. The Morgan fingerprint density at radius 3 is 2.92 bits per heavy atom. The summed E-state index contributed by atoms with van der Waals surface area (Å²) in [5, 5.41) is 0. The van der Waals surface area contributed by atoms with Gasteiger partial charge in [0.05, 0.1) is 0 Å². The van der Waals surface area contributed by atoms with Crippen LogP contribution in [0, 0.1) is 0 Å². The summed E-state index contributed by atoms with van der Waals surface area (Å²) in [6, 6.07) is 0. The quantitative estimate of drug-likeness (QED) is 0.528. The highest BCUT2D eigenvalue weighted by atomic mass is 16.8. The number of hydrogen-bond donors (Lipinski definition) is 0. The Balaban J connectivity index is 2.02. The van der Waals surface area contributed by atoms with Gasteiger partial charge in [0.2, 0.25) is 0 Å². The van der Waals surface area contributed by atoms with Crippen LogP contribution in [-0.4, -0.2) is 43.4 Å². The molecule has 4 nitrogen and oxygen atoms in total. The molecule has 2 heterocycles. The number of rotatable bonds is 0. The Kier molecular flexibility index (Phi) is 2.15. The molecular formula is C9H15NO3. The van der Waals surface area contributed by atoms with Crippen molar-refractivity contribution in [2.75, 3.05) is 26.7 Å². The van der Waals surface area contributed by atoms with Crippen molar-refractivity contribution in [3.05, 3.63) is 0 Å². The predicted octanol–water partition coefficient (Wildman–Crippen LogP) is 1.01. The van der Waals surface area contributed by atoms with Gasteiger partial charge in [-0.15, -0.1) is 0 Å². The molecule has 2 aliphatic heterocycles. The maximum Gasteiger partial charge on any atom is 0.509 e. The van der Waals surface area contributed by atoms with Crippen molar-refractivity contribution in [3.8, 4) is 0 Å². The second-order valence-electron chi connectivity index (χ2n) is 3.98. The van der Waals surface area contributed by atoms with Crippen LogP contribution in [0.25, 0.3) is 0 Å². The zero-order valence-corrected chi connectivity index (χ0v) is 7.91. The number of ether oxygens (including phenoxy) is 2. The molecule has 0 aliphatic carbocycles. The SMILES string of the molecule is CN1CCCC2(CC1)COC(=O)O2. The number of likely N-dealkylation sites (tertiary alicyclic amines) is 1. The van der Waals surface area contributed by atoms with Crippen molar-refractivity contribution in [2.45, 2.75) is 24.9 Å². The smallest absolute Gasteiger partial charge is 0.430 e. The molecule has 0 aromatic rings. The van der Waals surface area contributed by atoms with Gasteiger partial charge in [-0.25, -0.2) is 4.79 Å². The summed E-state index contributed by atoms with van der Waals surface area (Å²) in [6.45, 7) is 2.51. The molecule has 0 N–H and O–H groups in total. The first-order valence-corrected chi connectivity index (χ1v) is 4.75. The van der Waals surface area contributed by atoms with Crippen molar-refractivity contribution in [1.82, 2.24) is 4.90 Å². The molecule has 0 saturated carbocycles. The van der Waals surface area contributed by atoms with Crippen molar-refractivity contribution >= 4 is 6.16 Å². The lowest BCUT2D eigenvalue weighted by Gasteiger charge is -2.22. The van der Waals surface area contributed by atoms with Crippen molar-refractivity contribution < 1.29 is 14.3 Å². The van der Waals surface area contributed by atoms with Gasteiger partial charge in [0.25, 0.3) is 0 Å². The van der Waals surface area contributed by atoms with Crippen LogP contribution in [0.1, 0.15) is 19.3 Å². The second-order valence-corrected chi connectivity index (χ2v) is 3.98. The van der Waals surface area contributed by atoms with Gasteiger partial charge in [0.1, 0.15) is 6.61 Å². The third kappa shape index (κ3) is 1.77. The summed E-state index contributed by atoms with van der Waals surface area (Å²) in [7, 11) is 2.09. The molecule has 2 saturated heterocycles. The molecule has 0 aromatic carbocycles. The molecular weight excluding hydrogens is 170 g/mol. The summed E-state index contributed by atoms with van der Waals surface area (Å²) in [5.41, 5.74) is -0.304. The molecule has 1 unspecified atom stereocenters. The average molecular weight is 185 g/mol. The lowest BCUT2D eigenvalue weighted by Crippen LogP contribution is -2.33. The van der Waals surface area contributed by atoms with E-state index >= 15 is 0 Å². The van der Waals surface area contributed by atoms with Crippen LogP contribution in [0.4, 0.5) is 4.79 Å². The third-order valence-corrected chi connectivity index (χ3v) is 2.87. The highest BCUT2D eigenvalue weighted by molar-refractivity contribution is 5.62. The molecule has 74 valence electrons. The van der Waals surface area contributed by atoms with E-state index in [1.807, 2.05) is 0 Å². The normalized spacial score (nSPS) is 35.6. The zero-order chi connectivity index (χ0) is 9.31. The van der Waals surface area contributed by atoms with Gasteiger partial charge < -0.3 is 14.4 Å². The standard InChI is InChI=1S/C9H15NO3/c1-10-5-2-3-9(4-6-10)7-12-8(11)13-9/h2-7H2,1H3. The van der Waals surface area contributed by atoms with E-state index < -0.39 is 6.16 Å². The van der Waals surface area contributed by atoms with Crippen LogP contribution in [0.15, 0.2) is 0 Å². The Bertz CT molecular complexity index is 219. The van der Waals surface area contributed by atoms with E-state index in [-0.39, 0.29) is 5.60 Å². The van der Waals surface area contributed by atoms with Crippen molar-refractivity contribution in [3.63, 3.8) is 0 Å². The summed E-state index contributed by atoms with van der Waals surface area (Å²) >= 11 is 0. The fourth-order valence-electron chi connectivity index (χ4n) is 1.98. The van der Waals surface area contributed by atoms with Crippen LogP contribution >= 0.6 is 0 Å².